The van der Waals surface area contributed by atoms with Gasteiger partial charge in [-0.05, 0) is 33.8 Å². The molecule has 23 heavy (non-hydrogen) atoms. The quantitative estimate of drug-likeness (QED) is 0.834. The van der Waals surface area contributed by atoms with Crippen molar-refractivity contribution in [2.75, 3.05) is 13.7 Å². The summed E-state index contributed by atoms with van der Waals surface area (Å²) in [5.41, 5.74) is 1.14. The fraction of sp³-hybridized carbons (Fsp3) is 0.562. The number of aromatic nitrogens is 2. The average Bonchev–Trinajstić information content (AvgIpc) is 2.89. The average molecular weight is 341 g/mol. The summed E-state index contributed by atoms with van der Waals surface area (Å²) in [7, 11) is 1.55. The molecule has 0 bridgehead atoms. The molecule has 2 heterocycles. The van der Waals surface area contributed by atoms with E-state index >= 15 is 0 Å². The summed E-state index contributed by atoms with van der Waals surface area (Å²) in [6.45, 7) is 8.86. The molecule has 128 valence electrons. The van der Waals surface area contributed by atoms with Crippen LogP contribution in [0.2, 0.25) is 0 Å². The molecule has 0 radical (unpaired) electrons. The van der Waals surface area contributed by atoms with Gasteiger partial charge in [0.15, 0.2) is 18.0 Å². The minimum absolute atomic E-state index is 0.0701. The minimum Gasteiger partial charge on any atom is -0.495 e. The maximum Gasteiger partial charge on any atom is 0.171 e. The molecule has 5 nitrogen and oxygen atoms in total. The highest BCUT2D eigenvalue weighted by Gasteiger charge is 2.23. The van der Waals surface area contributed by atoms with Gasteiger partial charge in [0.05, 0.1) is 19.4 Å². The molecule has 0 amide bonds. The van der Waals surface area contributed by atoms with Gasteiger partial charge in [-0.1, -0.05) is 0 Å². The lowest BCUT2D eigenvalue weighted by molar-refractivity contribution is 0.0764. The van der Waals surface area contributed by atoms with Gasteiger partial charge in [-0.25, -0.2) is 8.96 Å². The Morgan fingerprint density at radius 2 is 2.00 bits per heavy atom. The number of aliphatic hydroxyl groups excluding tert-OH is 1. The third-order valence-electron chi connectivity index (χ3n) is 4.00. The fourth-order valence-electron chi connectivity index (χ4n) is 2.83. The van der Waals surface area contributed by atoms with Crippen LogP contribution in [0.15, 0.2) is 18.5 Å². The highest BCUT2D eigenvalue weighted by Crippen LogP contribution is 2.31. The van der Waals surface area contributed by atoms with Crippen LogP contribution in [-0.2, 0) is 0 Å². The van der Waals surface area contributed by atoms with Crippen molar-refractivity contribution in [2.24, 2.45) is 0 Å². The molecule has 2 rings (SSSR count). The van der Waals surface area contributed by atoms with E-state index in [-0.39, 0.29) is 12.3 Å². The molecule has 0 fully saturated rings. The standard InChI is InChI=1S/C16H24FN3O2S/c1-10(2)19(11(3)4)9-15(21)14-8-20(23-17)16-13(14)6-12(22-5)7-18-16/h6-8,10-11,15,21H,9H2,1-5H3. The lowest BCUT2D eigenvalue weighted by Gasteiger charge is -2.32. The van der Waals surface area contributed by atoms with Crippen LogP contribution in [0.1, 0.15) is 39.4 Å². The molecule has 2 aromatic rings. The van der Waals surface area contributed by atoms with Crippen molar-refractivity contribution in [1.82, 2.24) is 13.9 Å². The van der Waals surface area contributed by atoms with Crippen molar-refractivity contribution in [3.05, 3.63) is 24.0 Å². The van der Waals surface area contributed by atoms with Gasteiger partial charge < -0.3 is 9.84 Å². The van der Waals surface area contributed by atoms with E-state index in [2.05, 4.69) is 37.6 Å². The first-order valence-electron chi connectivity index (χ1n) is 7.66. The number of hydrogen-bond acceptors (Lipinski definition) is 5. The van der Waals surface area contributed by atoms with Crippen LogP contribution in [0.4, 0.5) is 3.89 Å². The van der Waals surface area contributed by atoms with Crippen molar-refractivity contribution in [2.45, 2.75) is 45.9 Å². The van der Waals surface area contributed by atoms with Gasteiger partial charge in [0, 0.05) is 35.8 Å². The summed E-state index contributed by atoms with van der Waals surface area (Å²) in [5, 5.41) is 11.4. The molecule has 0 aliphatic carbocycles. The largest absolute Gasteiger partial charge is 0.495 e. The maximum atomic E-state index is 13.1. The Morgan fingerprint density at radius 1 is 1.35 bits per heavy atom. The number of halogens is 1. The highest BCUT2D eigenvalue weighted by atomic mass is 32.2. The molecular weight excluding hydrogens is 317 g/mol. The molecule has 7 heteroatoms. The smallest absolute Gasteiger partial charge is 0.171 e. The number of pyridine rings is 1. The summed E-state index contributed by atoms with van der Waals surface area (Å²) in [6.07, 6.45) is 2.41. The Balaban J connectivity index is 2.41. The Labute approximate surface area is 140 Å². The number of ether oxygens (including phenoxy) is 1. The van der Waals surface area contributed by atoms with Gasteiger partial charge in [0.2, 0.25) is 0 Å². The number of rotatable bonds is 7. The fourth-order valence-corrected chi connectivity index (χ4v) is 3.19. The Morgan fingerprint density at radius 3 is 2.52 bits per heavy atom. The van der Waals surface area contributed by atoms with Crippen LogP contribution in [0.25, 0.3) is 11.0 Å². The summed E-state index contributed by atoms with van der Waals surface area (Å²) in [4.78, 5) is 6.43. The molecule has 0 spiro atoms. The Hall–Kier alpha value is -1.31. The van der Waals surface area contributed by atoms with E-state index in [1.54, 1.807) is 25.6 Å². The van der Waals surface area contributed by atoms with Crippen LogP contribution in [0.3, 0.4) is 0 Å². The summed E-state index contributed by atoms with van der Waals surface area (Å²) >= 11 is 0.0701. The van der Waals surface area contributed by atoms with Crippen molar-refractivity contribution in [1.29, 1.82) is 0 Å². The zero-order chi connectivity index (χ0) is 17.1. The molecule has 0 aliphatic rings. The lowest BCUT2D eigenvalue weighted by atomic mass is 10.1. The first kappa shape index (κ1) is 18.0. The molecule has 0 aromatic carbocycles. The van der Waals surface area contributed by atoms with Gasteiger partial charge >= 0.3 is 0 Å². The predicted octanol–water partition coefficient (Wildman–Crippen LogP) is 3.58. The van der Waals surface area contributed by atoms with Gasteiger partial charge in [-0.3, -0.25) is 4.90 Å². The zero-order valence-electron chi connectivity index (χ0n) is 14.2. The summed E-state index contributed by atoms with van der Waals surface area (Å²) in [6, 6.07) is 2.39. The van der Waals surface area contributed by atoms with Crippen molar-refractivity contribution < 1.29 is 13.7 Å². The van der Waals surface area contributed by atoms with E-state index in [1.807, 2.05) is 0 Å². The number of fused-ring (bicyclic) bond motifs is 1. The second-order valence-corrected chi connectivity index (χ2v) is 6.66. The third kappa shape index (κ3) is 3.79. The highest BCUT2D eigenvalue weighted by molar-refractivity contribution is 7.92. The van der Waals surface area contributed by atoms with Gasteiger partial charge in [-0.15, -0.1) is 3.89 Å². The second-order valence-electron chi connectivity index (χ2n) is 6.13. The second kappa shape index (κ2) is 7.51. The summed E-state index contributed by atoms with van der Waals surface area (Å²) < 4.78 is 19.7. The van der Waals surface area contributed by atoms with E-state index in [4.69, 9.17) is 4.74 Å². The van der Waals surface area contributed by atoms with Crippen LogP contribution in [-0.4, -0.2) is 44.7 Å². The topological polar surface area (TPSA) is 50.5 Å². The SMILES string of the molecule is COc1cnc2c(c1)c(C(O)CN(C(C)C)C(C)C)cn2SF. The normalized spacial score (nSPS) is 13.5. The van der Waals surface area contributed by atoms with Gasteiger partial charge in [-0.2, -0.15) is 0 Å². The van der Waals surface area contributed by atoms with Crippen LogP contribution < -0.4 is 4.74 Å². The summed E-state index contributed by atoms with van der Waals surface area (Å²) in [5.74, 6) is 0.581. The first-order valence-corrected chi connectivity index (χ1v) is 8.34. The van der Waals surface area contributed by atoms with Crippen molar-refractivity contribution >= 4 is 23.4 Å². The lowest BCUT2D eigenvalue weighted by Crippen LogP contribution is -2.39. The number of nitrogens with zero attached hydrogens (tertiary/aromatic N) is 3. The molecule has 1 atom stereocenters. The van der Waals surface area contributed by atoms with E-state index in [0.29, 0.717) is 41.0 Å². The molecule has 2 aromatic heterocycles. The van der Waals surface area contributed by atoms with Crippen LogP contribution >= 0.6 is 12.3 Å². The molecule has 1 unspecified atom stereocenters. The van der Waals surface area contributed by atoms with Crippen molar-refractivity contribution in [3.8, 4) is 5.75 Å². The van der Waals surface area contributed by atoms with E-state index in [0.717, 1.165) is 0 Å². The van der Waals surface area contributed by atoms with Gasteiger partial charge in [0.1, 0.15) is 5.75 Å². The Kier molecular flexibility index (Phi) is 5.89. The molecule has 0 aliphatic heterocycles. The molecular formula is C16H24FN3O2S. The predicted molar refractivity (Wildman–Crippen MR) is 92.3 cm³/mol. The third-order valence-corrected chi connectivity index (χ3v) is 4.42. The monoisotopic (exact) mass is 341 g/mol. The number of methoxy groups -OCH3 is 1. The molecule has 0 saturated heterocycles. The zero-order valence-corrected chi connectivity index (χ0v) is 15.0. The maximum absolute atomic E-state index is 13.1. The van der Waals surface area contributed by atoms with Crippen molar-refractivity contribution in [3.63, 3.8) is 0 Å². The van der Waals surface area contributed by atoms with Crippen LogP contribution in [0, 0.1) is 0 Å². The number of aliphatic hydroxyl groups is 1. The van der Waals surface area contributed by atoms with Crippen LogP contribution in [0.5, 0.6) is 5.75 Å². The molecule has 0 saturated carbocycles. The van der Waals surface area contributed by atoms with E-state index in [1.165, 1.54) is 3.97 Å². The molecule has 1 N–H and O–H groups in total. The minimum atomic E-state index is -0.732. The van der Waals surface area contributed by atoms with E-state index < -0.39 is 6.10 Å². The number of hydrogen-bond donors (Lipinski definition) is 1. The Bertz CT molecular complexity index is 652. The first-order chi connectivity index (χ1) is 10.9. The van der Waals surface area contributed by atoms with Gasteiger partial charge in [0.25, 0.3) is 0 Å². The van der Waals surface area contributed by atoms with E-state index in [9.17, 15) is 8.99 Å².